The van der Waals surface area contributed by atoms with Crippen molar-refractivity contribution in [2.45, 2.75) is 19.8 Å². The van der Waals surface area contributed by atoms with Crippen molar-refractivity contribution >= 4 is 113 Å². The topological polar surface area (TPSA) is 54.4 Å². The van der Waals surface area contributed by atoms with E-state index in [1.165, 1.54) is 0 Å². The SMILES string of the molecule is CCCCS(=O)(=O)O.[KH].[KH]. The molecular weight excluding hydrogens is 206 g/mol. The average molecular weight is 218 g/mol. The summed E-state index contributed by atoms with van der Waals surface area (Å²) in [5.74, 6) is -0.108. The van der Waals surface area contributed by atoms with Crippen LogP contribution in [0, 0.1) is 0 Å². The second-order valence-electron chi connectivity index (χ2n) is 1.64. The van der Waals surface area contributed by atoms with Crippen molar-refractivity contribution in [2.75, 3.05) is 5.75 Å². The molecule has 0 aliphatic rings. The molecule has 0 rings (SSSR count). The van der Waals surface area contributed by atoms with Crippen LogP contribution in [0.1, 0.15) is 19.8 Å². The molecule has 0 radical (unpaired) electrons. The van der Waals surface area contributed by atoms with Gasteiger partial charge in [-0.15, -0.1) is 0 Å². The molecule has 54 valence electrons. The Bertz CT molecular complexity index is 143. The molecule has 0 bridgehead atoms. The van der Waals surface area contributed by atoms with Crippen molar-refractivity contribution in [1.82, 2.24) is 0 Å². The molecule has 0 amide bonds. The van der Waals surface area contributed by atoms with Crippen LogP contribution in [0.5, 0.6) is 0 Å². The molecular formula is C4H12K2O3S. The summed E-state index contributed by atoms with van der Waals surface area (Å²) < 4.78 is 28.0. The molecule has 0 fully saturated rings. The van der Waals surface area contributed by atoms with Crippen LogP contribution < -0.4 is 0 Å². The average Bonchev–Trinajstić information content (AvgIpc) is 1.59. The third-order valence-electron chi connectivity index (χ3n) is 0.756. The van der Waals surface area contributed by atoms with E-state index in [1.807, 2.05) is 6.92 Å². The first-order chi connectivity index (χ1) is 3.56. The number of hydrogen-bond donors (Lipinski definition) is 1. The summed E-state index contributed by atoms with van der Waals surface area (Å²) >= 11 is 0. The van der Waals surface area contributed by atoms with Crippen LogP contribution >= 0.6 is 0 Å². The normalized spacial score (nSPS) is 9.40. The predicted molar refractivity (Wildman–Crippen MR) is 45.6 cm³/mol. The van der Waals surface area contributed by atoms with Crippen LogP contribution in [-0.4, -0.2) is 121 Å². The third kappa shape index (κ3) is 17.3. The number of hydrogen-bond acceptors (Lipinski definition) is 2. The van der Waals surface area contributed by atoms with Crippen LogP contribution in [0.2, 0.25) is 0 Å². The maximum absolute atomic E-state index is 9.95. The second-order valence-corrected chi connectivity index (χ2v) is 3.21. The monoisotopic (exact) mass is 218 g/mol. The van der Waals surface area contributed by atoms with Crippen LogP contribution in [-0.2, 0) is 10.1 Å². The molecule has 0 spiro atoms. The standard InChI is InChI=1S/C4H10O3S.2K.2H/c1-2-3-4-8(5,6)7;;;;/h2-4H2,1H3,(H,5,6,7);;;;. The second kappa shape index (κ2) is 10.3. The first-order valence-corrected chi connectivity index (χ1v) is 4.12. The van der Waals surface area contributed by atoms with Gasteiger partial charge in [0.25, 0.3) is 10.1 Å². The minimum atomic E-state index is -3.69. The van der Waals surface area contributed by atoms with Crippen molar-refractivity contribution in [3.63, 3.8) is 0 Å². The molecule has 10 heavy (non-hydrogen) atoms. The van der Waals surface area contributed by atoms with Gasteiger partial charge in [0.05, 0.1) is 5.75 Å². The molecule has 0 aromatic carbocycles. The van der Waals surface area contributed by atoms with Gasteiger partial charge in [0.1, 0.15) is 0 Å². The Morgan fingerprint density at radius 1 is 1.30 bits per heavy atom. The molecule has 0 aromatic rings. The van der Waals surface area contributed by atoms with Gasteiger partial charge in [0, 0.05) is 0 Å². The van der Waals surface area contributed by atoms with E-state index in [2.05, 4.69) is 0 Å². The Morgan fingerprint density at radius 2 is 1.70 bits per heavy atom. The van der Waals surface area contributed by atoms with E-state index < -0.39 is 10.1 Å². The fourth-order valence-electron chi connectivity index (χ4n) is 0.327. The van der Waals surface area contributed by atoms with Crippen LogP contribution in [0.3, 0.4) is 0 Å². The van der Waals surface area contributed by atoms with E-state index in [0.717, 1.165) is 6.42 Å². The number of rotatable bonds is 3. The van der Waals surface area contributed by atoms with Crippen LogP contribution in [0.15, 0.2) is 0 Å². The molecule has 0 aromatic heterocycles. The van der Waals surface area contributed by atoms with Gasteiger partial charge < -0.3 is 0 Å². The molecule has 0 aliphatic carbocycles. The van der Waals surface area contributed by atoms with Crippen molar-refractivity contribution in [1.29, 1.82) is 0 Å². The summed E-state index contributed by atoms with van der Waals surface area (Å²) in [7, 11) is -3.69. The summed E-state index contributed by atoms with van der Waals surface area (Å²) in [4.78, 5) is 0. The van der Waals surface area contributed by atoms with E-state index in [-0.39, 0.29) is 109 Å². The Morgan fingerprint density at radius 3 is 1.80 bits per heavy atom. The molecule has 0 unspecified atom stereocenters. The van der Waals surface area contributed by atoms with Crippen LogP contribution in [0.25, 0.3) is 0 Å². The first-order valence-electron chi connectivity index (χ1n) is 2.51. The zero-order valence-corrected chi connectivity index (χ0v) is 5.61. The molecule has 0 saturated heterocycles. The molecule has 6 heteroatoms. The fraction of sp³-hybridized carbons (Fsp3) is 1.00. The fourth-order valence-corrected chi connectivity index (χ4v) is 0.980. The van der Waals surface area contributed by atoms with E-state index >= 15 is 0 Å². The Balaban J connectivity index is -0.000000245. The molecule has 1 N–H and O–H groups in total. The van der Waals surface area contributed by atoms with Crippen molar-refractivity contribution in [2.24, 2.45) is 0 Å². The Kier molecular flexibility index (Phi) is 19.4. The summed E-state index contributed by atoms with van der Waals surface area (Å²) in [6.45, 7) is 1.87. The van der Waals surface area contributed by atoms with Gasteiger partial charge in [-0.3, -0.25) is 4.55 Å². The van der Waals surface area contributed by atoms with E-state index in [4.69, 9.17) is 4.55 Å². The summed E-state index contributed by atoms with van der Waals surface area (Å²) in [6.07, 6.45) is 1.33. The summed E-state index contributed by atoms with van der Waals surface area (Å²) in [6, 6.07) is 0. The van der Waals surface area contributed by atoms with Gasteiger partial charge in [-0.05, 0) is 6.42 Å². The molecule has 0 aliphatic heterocycles. The van der Waals surface area contributed by atoms with E-state index in [1.54, 1.807) is 0 Å². The van der Waals surface area contributed by atoms with E-state index in [0.29, 0.717) is 6.42 Å². The zero-order chi connectivity index (χ0) is 6.62. The van der Waals surface area contributed by atoms with E-state index in [9.17, 15) is 8.42 Å². The zero-order valence-electron chi connectivity index (χ0n) is 4.79. The molecule has 0 heterocycles. The quantitative estimate of drug-likeness (QED) is 0.507. The van der Waals surface area contributed by atoms with Gasteiger partial charge in [-0.1, -0.05) is 13.3 Å². The van der Waals surface area contributed by atoms with Gasteiger partial charge in [-0.25, -0.2) is 0 Å². The third-order valence-corrected chi connectivity index (χ3v) is 1.56. The van der Waals surface area contributed by atoms with Crippen molar-refractivity contribution < 1.29 is 13.0 Å². The van der Waals surface area contributed by atoms with Crippen LogP contribution in [0.4, 0.5) is 0 Å². The van der Waals surface area contributed by atoms with Crippen molar-refractivity contribution in [3.05, 3.63) is 0 Å². The minimum absolute atomic E-state index is 0. The Hall–Kier alpha value is 3.18. The number of unbranched alkanes of at least 4 members (excludes halogenated alkanes) is 1. The Labute approximate surface area is 147 Å². The molecule has 0 saturated carbocycles. The predicted octanol–water partition coefficient (Wildman–Crippen LogP) is -0.623. The van der Waals surface area contributed by atoms with Crippen molar-refractivity contribution in [3.8, 4) is 0 Å². The molecule has 3 nitrogen and oxygen atoms in total. The van der Waals surface area contributed by atoms with Gasteiger partial charge in [0.15, 0.2) is 0 Å². The first kappa shape index (κ1) is 18.9. The summed E-state index contributed by atoms with van der Waals surface area (Å²) in [5.41, 5.74) is 0. The summed E-state index contributed by atoms with van der Waals surface area (Å²) in [5, 5.41) is 0. The van der Waals surface area contributed by atoms with Gasteiger partial charge in [0.2, 0.25) is 0 Å². The maximum atomic E-state index is 9.95. The van der Waals surface area contributed by atoms with Gasteiger partial charge >= 0.3 is 103 Å². The molecule has 0 atom stereocenters. The van der Waals surface area contributed by atoms with Gasteiger partial charge in [-0.2, -0.15) is 8.42 Å².